The number of thiazole rings is 2. The van der Waals surface area contributed by atoms with Crippen molar-refractivity contribution in [3.63, 3.8) is 0 Å². The van der Waals surface area contributed by atoms with E-state index < -0.39 is 0 Å². The number of carbonyl (C=O) groups is 1. The van der Waals surface area contributed by atoms with Crippen molar-refractivity contribution in [2.75, 3.05) is 6.54 Å². The Kier molecular flexibility index (Phi) is 5.04. The number of carbonyl (C=O) groups excluding carboxylic acids is 1. The van der Waals surface area contributed by atoms with Crippen LogP contribution in [-0.2, 0) is 17.6 Å². The van der Waals surface area contributed by atoms with E-state index in [1.807, 2.05) is 53.9 Å². The molecular formula is C20H17N3OS2. The zero-order valence-electron chi connectivity index (χ0n) is 14.0. The van der Waals surface area contributed by atoms with Crippen molar-refractivity contribution in [1.29, 1.82) is 0 Å². The molecule has 0 bridgehead atoms. The highest BCUT2D eigenvalue weighted by Gasteiger charge is 2.09. The molecule has 0 saturated heterocycles. The average molecular weight is 380 g/mol. The van der Waals surface area contributed by atoms with Gasteiger partial charge in [0.25, 0.3) is 0 Å². The lowest BCUT2D eigenvalue weighted by Gasteiger charge is -2.02. The molecule has 0 aliphatic rings. The molecule has 6 heteroatoms. The fourth-order valence-corrected chi connectivity index (χ4v) is 4.46. The summed E-state index contributed by atoms with van der Waals surface area (Å²) in [5, 5.41) is 6.91. The van der Waals surface area contributed by atoms with Crippen molar-refractivity contribution in [3.8, 4) is 10.6 Å². The van der Waals surface area contributed by atoms with Crippen molar-refractivity contribution in [3.05, 3.63) is 70.7 Å². The van der Waals surface area contributed by atoms with Crippen LogP contribution in [0.1, 0.15) is 10.7 Å². The molecule has 2 heterocycles. The third-order valence-electron chi connectivity index (χ3n) is 3.91. The van der Waals surface area contributed by atoms with Crippen LogP contribution in [0.3, 0.4) is 0 Å². The Labute approximate surface area is 159 Å². The summed E-state index contributed by atoms with van der Waals surface area (Å²) in [7, 11) is 0. The predicted octanol–water partition coefficient (Wildman–Crippen LogP) is 4.32. The highest BCUT2D eigenvalue weighted by Crippen LogP contribution is 2.23. The molecule has 0 fully saturated rings. The number of para-hydroxylation sites is 1. The summed E-state index contributed by atoms with van der Waals surface area (Å²) in [6.07, 6.45) is 1.06. The van der Waals surface area contributed by atoms with E-state index in [9.17, 15) is 4.79 Å². The van der Waals surface area contributed by atoms with Gasteiger partial charge < -0.3 is 5.32 Å². The first-order chi connectivity index (χ1) is 12.8. The lowest BCUT2D eigenvalue weighted by Crippen LogP contribution is -2.27. The first-order valence-corrected chi connectivity index (χ1v) is 10.1. The molecule has 1 amide bonds. The summed E-state index contributed by atoms with van der Waals surface area (Å²) < 4.78 is 1.18. The second-order valence-electron chi connectivity index (χ2n) is 5.86. The van der Waals surface area contributed by atoms with Gasteiger partial charge in [0.15, 0.2) is 0 Å². The molecule has 0 atom stereocenters. The van der Waals surface area contributed by atoms with Crippen molar-refractivity contribution in [1.82, 2.24) is 15.3 Å². The van der Waals surface area contributed by atoms with Gasteiger partial charge in [0.05, 0.1) is 27.3 Å². The molecule has 2 aromatic heterocycles. The van der Waals surface area contributed by atoms with Crippen LogP contribution >= 0.6 is 22.7 Å². The van der Waals surface area contributed by atoms with Crippen LogP contribution in [0.15, 0.2) is 60.0 Å². The monoisotopic (exact) mass is 379 g/mol. The smallest absolute Gasteiger partial charge is 0.226 e. The van der Waals surface area contributed by atoms with Crippen LogP contribution in [0.4, 0.5) is 0 Å². The van der Waals surface area contributed by atoms with E-state index >= 15 is 0 Å². The minimum Gasteiger partial charge on any atom is -0.355 e. The lowest BCUT2D eigenvalue weighted by atomic mass is 10.2. The second kappa shape index (κ2) is 7.76. The van der Waals surface area contributed by atoms with E-state index in [-0.39, 0.29) is 5.91 Å². The lowest BCUT2D eigenvalue weighted by molar-refractivity contribution is -0.120. The standard InChI is InChI=1S/C20H17N3OS2/c24-18(12-15-13-25-20(22-15)14-6-2-1-3-7-14)21-11-10-19-23-16-8-4-5-9-17(16)26-19/h1-9,13H,10-12H2,(H,21,24). The maximum absolute atomic E-state index is 12.2. The molecule has 0 aliphatic carbocycles. The van der Waals surface area contributed by atoms with Crippen LogP contribution in [0.2, 0.25) is 0 Å². The fraction of sp³-hybridized carbons (Fsp3) is 0.150. The molecule has 130 valence electrons. The number of benzene rings is 2. The van der Waals surface area contributed by atoms with E-state index in [1.54, 1.807) is 22.7 Å². The molecule has 2 aromatic carbocycles. The Morgan fingerprint density at radius 2 is 1.81 bits per heavy atom. The van der Waals surface area contributed by atoms with E-state index in [2.05, 4.69) is 21.4 Å². The topological polar surface area (TPSA) is 54.9 Å². The second-order valence-corrected chi connectivity index (χ2v) is 7.84. The summed E-state index contributed by atoms with van der Waals surface area (Å²) in [4.78, 5) is 21.3. The van der Waals surface area contributed by atoms with Crippen molar-refractivity contribution < 1.29 is 4.79 Å². The van der Waals surface area contributed by atoms with Gasteiger partial charge in [-0.3, -0.25) is 4.79 Å². The van der Waals surface area contributed by atoms with Crippen molar-refractivity contribution >= 4 is 38.8 Å². The molecule has 26 heavy (non-hydrogen) atoms. The van der Waals surface area contributed by atoms with E-state index in [1.165, 1.54) is 4.70 Å². The highest BCUT2D eigenvalue weighted by molar-refractivity contribution is 7.18. The van der Waals surface area contributed by atoms with Gasteiger partial charge in [-0.25, -0.2) is 9.97 Å². The largest absolute Gasteiger partial charge is 0.355 e. The molecule has 4 rings (SSSR count). The Balaban J connectivity index is 1.29. The molecule has 0 saturated carbocycles. The summed E-state index contributed by atoms with van der Waals surface area (Å²) in [6, 6.07) is 18.1. The third-order valence-corrected chi connectivity index (χ3v) is 5.95. The van der Waals surface area contributed by atoms with Gasteiger partial charge in [0.1, 0.15) is 5.01 Å². The van der Waals surface area contributed by atoms with Crippen LogP contribution in [0, 0.1) is 0 Å². The molecule has 4 aromatic rings. The van der Waals surface area contributed by atoms with E-state index in [0.29, 0.717) is 13.0 Å². The number of aromatic nitrogens is 2. The average Bonchev–Trinajstić information content (AvgIpc) is 3.29. The van der Waals surface area contributed by atoms with Gasteiger partial charge in [-0.1, -0.05) is 42.5 Å². The molecule has 0 radical (unpaired) electrons. The summed E-state index contributed by atoms with van der Waals surface area (Å²) >= 11 is 3.25. The van der Waals surface area contributed by atoms with E-state index in [0.717, 1.165) is 33.2 Å². The zero-order chi connectivity index (χ0) is 17.8. The van der Waals surface area contributed by atoms with Crippen LogP contribution in [0.5, 0.6) is 0 Å². The normalized spacial score (nSPS) is 10.9. The third kappa shape index (κ3) is 3.98. The molecule has 4 nitrogen and oxygen atoms in total. The Bertz CT molecular complexity index is 991. The quantitative estimate of drug-likeness (QED) is 0.543. The Hall–Kier alpha value is -2.57. The molecule has 1 N–H and O–H groups in total. The molecule has 0 spiro atoms. The number of nitrogens with zero attached hydrogens (tertiary/aromatic N) is 2. The van der Waals surface area contributed by atoms with Crippen molar-refractivity contribution in [2.24, 2.45) is 0 Å². The van der Waals surface area contributed by atoms with Gasteiger partial charge in [0.2, 0.25) is 5.91 Å². The maximum atomic E-state index is 12.2. The first-order valence-electron chi connectivity index (χ1n) is 8.39. The zero-order valence-corrected chi connectivity index (χ0v) is 15.6. The number of fused-ring (bicyclic) bond motifs is 1. The van der Waals surface area contributed by atoms with E-state index in [4.69, 9.17) is 0 Å². The predicted molar refractivity (Wildman–Crippen MR) is 108 cm³/mol. The van der Waals surface area contributed by atoms with Gasteiger partial charge >= 0.3 is 0 Å². The van der Waals surface area contributed by atoms with Crippen LogP contribution in [-0.4, -0.2) is 22.4 Å². The van der Waals surface area contributed by atoms with Crippen LogP contribution < -0.4 is 5.32 Å². The van der Waals surface area contributed by atoms with Crippen molar-refractivity contribution in [2.45, 2.75) is 12.8 Å². The van der Waals surface area contributed by atoms with Gasteiger partial charge in [0, 0.05) is 23.9 Å². The fourth-order valence-electron chi connectivity index (χ4n) is 2.66. The molecule has 0 aliphatic heterocycles. The number of nitrogens with one attached hydrogen (secondary N) is 1. The highest BCUT2D eigenvalue weighted by atomic mass is 32.1. The number of hydrogen-bond acceptors (Lipinski definition) is 5. The minimum atomic E-state index is -0.00368. The summed E-state index contributed by atoms with van der Waals surface area (Å²) in [5.74, 6) is -0.00368. The number of hydrogen-bond donors (Lipinski definition) is 1. The first kappa shape index (κ1) is 16.9. The van der Waals surface area contributed by atoms with Gasteiger partial charge in [-0.15, -0.1) is 22.7 Å². The SMILES string of the molecule is O=C(Cc1csc(-c2ccccc2)n1)NCCc1nc2ccccc2s1. The number of rotatable bonds is 6. The molecular weight excluding hydrogens is 362 g/mol. The minimum absolute atomic E-state index is 0.00368. The van der Waals surface area contributed by atoms with Gasteiger partial charge in [-0.2, -0.15) is 0 Å². The molecule has 0 unspecified atom stereocenters. The number of amides is 1. The Morgan fingerprint density at radius 1 is 1.00 bits per heavy atom. The van der Waals surface area contributed by atoms with Gasteiger partial charge in [-0.05, 0) is 12.1 Å². The summed E-state index contributed by atoms with van der Waals surface area (Å²) in [5.41, 5.74) is 2.92. The van der Waals surface area contributed by atoms with Crippen LogP contribution in [0.25, 0.3) is 20.8 Å². The Morgan fingerprint density at radius 3 is 2.65 bits per heavy atom. The summed E-state index contributed by atoms with van der Waals surface area (Å²) in [6.45, 7) is 0.592. The maximum Gasteiger partial charge on any atom is 0.226 e.